The molecule has 2 aliphatic heterocycles. The number of ketones is 1. The van der Waals surface area contributed by atoms with Crippen molar-refractivity contribution in [3.63, 3.8) is 0 Å². The van der Waals surface area contributed by atoms with E-state index in [1.165, 1.54) is 0 Å². The number of fused-ring (bicyclic) bond motifs is 1. The number of ether oxygens (including phenoxy) is 2. The van der Waals surface area contributed by atoms with Gasteiger partial charge in [-0.15, -0.1) is 0 Å². The van der Waals surface area contributed by atoms with Gasteiger partial charge in [0.15, 0.2) is 6.10 Å². The second kappa shape index (κ2) is 4.80. The summed E-state index contributed by atoms with van der Waals surface area (Å²) in [6.07, 6.45) is -0.699. The van der Waals surface area contributed by atoms with E-state index in [0.717, 1.165) is 16.9 Å². The van der Waals surface area contributed by atoms with Gasteiger partial charge in [0.25, 0.3) is 0 Å². The number of benzene rings is 2. The monoisotopic (exact) mass is 294 g/mol. The molecule has 1 unspecified atom stereocenters. The molecular formula is C17H14N2O3. The molecule has 0 radical (unpaired) electrons. The fourth-order valence-electron chi connectivity index (χ4n) is 2.73. The first kappa shape index (κ1) is 12.8. The van der Waals surface area contributed by atoms with Crippen LogP contribution in [0, 0.1) is 0 Å². The second-order valence-corrected chi connectivity index (χ2v) is 5.10. The minimum atomic E-state index is -0.699. The van der Waals surface area contributed by atoms with Crippen LogP contribution in [0.2, 0.25) is 0 Å². The molecule has 5 nitrogen and oxygen atoms in total. The molecule has 0 saturated heterocycles. The van der Waals surface area contributed by atoms with Gasteiger partial charge in [0.05, 0.1) is 18.5 Å². The van der Waals surface area contributed by atoms with E-state index in [1.807, 2.05) is 48.5 Å². The third-order valence-corrected chi connectivity index (χ3v) is 3.80. The Morgan fingerprint density at radius 3 is 2.45 bits per heavy atom. The van der Waals surface area contributed by atoms with E-state index < -0.39 is 6.10 Å². The van der Waals surface area contributed by atoms with Crippen molar-refractivity contribution >= 4 is 17.2 Å². The molecule has 2 heterocycles. The largest absolute Gasteiger partial charge is 0.496 e. The smallest absolute Gasteiger partial charge is 0.229 e. The molecule has 0 fully saturated rings. The maximum Gasteiger partial charge on any atom is 0.229 e. The van der Waals surface area contributed by atoms with Crippen LogP contribution in [-0.2, 0) is 9.53 Å². The first-order chi connectivity index (χ1) is 10.8. The molecule has 0 aromatic heterocycles. The molecule has 2 aliphatic rings. The lowest BCUT2D eigenvalue weighted by atomic mass is 10.0. The van der Waals surface area contributed by atoms with Crippen molar-refractivity contribution in [2.45, 2.75) is 6.10 Å². The van der Waals surface area contributed by atoms with Crippen molar-refractivity contribution in [1.29, 1.82) is 0 Å². The van der Waals surface area contributed by atoms with Crippen molar-refractivity contribution in [2.75, 3.05) is 17.7 Å². The zero-order chi connectivity index (χ0) is 15.1. The fourth-order valence-corrected chi connectivity index (χ4v) is 2.73. The Morgan fingerprint density at radius 2 is 1.68 bits per heavy atom. The summed E-state index contributed by atoms with van der Waals surface area (Å²) in [7, 11) is 1.58. The predicted octanol–water partition coefficient (Wildman–Crippen LogP) is 3.04. The Kier molecular flexibility index (Phi) is 2.79. The Labute approximate surface area is 127 Å². The number of carbonyl (C=O) groups excluding carboxylic acids is 1. The SMILES string of the molecule is COc1ccccc1C1OC2=C(Nc3ccccc3N2)C1=O. The topological polar surface area (TPSA) is 59.6 Å². The van der Waals surface area contributed by atoms with E-state index in [0.29, 0.717) is 17.3 Å². The zero-order valence-corrected chi connectivity index (χ0v) is 11.9. The van der Waals surface area contributed by atoms with Gasteiger partial charge in [-0.3, -0.25) is 4.79 Å². The van der Waals surface area contributed by atoms with Crippen LogP contribution < -0.4 is 15.4 Å². The van der Waals surface area contributed by atoms with E-state index in [2.05, 4.69) is 10.6 Å². The number of carbonyl (C=O) groups is 1. The number of hydrogen-bond donors (Lipinski definition) is 2. The highest BCUT2D eigenvalue weighted by Crippen LogP contribution is 2.41. The molecule has 0 spiro atoms. The van der Waals surface area contributed by atoms with Gasteiger partial charge in [0.2, 0.25) is 11.7 Å². The lowest BCUT2D eigenvalue weighted by Crippen LogP contribution is -2.18. The molecule has 110 valence electrons. The van der Waals surface area contributed by atoms with Gasteiger partial charge < -0.3 is 20.1 Å². The highest BCUT2D eigenvalue weighted by molar-refractivity contribution is 6.06. The Bertz CT molecular complexity index is 798. The standard InChI is InChI=1S/C17H14N2O3/c1-21-13-9-5-2-6-10(13)16-15(20)14-17(22-16)19-12-8-4-3-7-11(12)18-14/h2-9,16,18-19H,1H3. The normalized spacial score (nSPS) is 18.8. The van der Waals surface area contributed by atoms with Gasteiger partial charge in [-0.25, -0.2) is 0 Å². The van der Waals surface area contributed by atoms with Crippen LogP contribution in [-0.4, -0.2) is 12.9 Å². The van der Waals surface area contributed by atoms with Crippen LogP contribution in [0.1, 0.15) is 11.7 Å². The van der Waals surface area contributed by atoms with E-state index in [-0.39, 0.29) is 5.78 Å². The van der Waals surface area contributed by atoms with Crippen LogP contribution in [0.15, 0.2) is 60.1 Å². The lowest BCUT2D eigenvalue weighted by molar-refractivity contribution is -0.121. The summed E-state index contributed by atoms with van der Waals surface area (Å²) in [6, 6.07) is 15.1. The molecule has 2 N–H and O–H groups in total. The summed E-state index contributed by atoms with van der Waals surface area (Å²) < 4.78 is 11.2. The first-order valence-electron chi connectivity index (χ1n) is 6.99. The molecule has 5 heteroatoms. The number of anilines is 2. The molecule has 22 heavy (non-hydrogen) atoms. The maximum atomic E-state index is 12.7. The van der Waals surface area contributed by atoms with Gasteiger partial charge in [-0.05, 0) is 18.2 Å². The summed E-state index contributed by atoms with van der Waals surface area (Å²) in [5, 5.41) is 6.31. The molecule has 2 aromatic rings. The van der Waals surface area contributed by atoms with E-state index in [9.17, 15) is 4.79 Å². The van der Waals surface area contributed by atoms with Crippen molar-refractivity contribution in [3.8, 4) is 5.75 Å². The summed E-state index contributed by atoms with van der Waals surface area (Å²) in [6.45, 7) is 0. The summed E-state index contributed by atoms with van der Waals surface area (Å²) in [4.78, 5) is 12.7. The van der Waals surface area contributed by atoms with Gasteiger partial charge in [0, 0.05) is 5.56 Å². The predicted molar refractivity (Wildman–Crippen MR) is 82.5 cm³/mol. The lowest BCUT2D eigenvalue weighted by Gasteiger charge is -2.19. The van der Waals surface area contributed by atoms with Crippen LogP contribution in [0.25, 0.3) is 0 Å². The highest BCUT2D eigenvalue weighted by Gasteiger charge is 2.40. The van der Waals surface area contributed by atoms with Gasteiger partial charge >= 0.3 is 0 Å². The molecule has 0 bridgehead atoms. The summed E-state index contributed by atoms with van der Waals surface area (Å²) >= 11 is 0. The van der Waals surface area contributed by atoms with Crippen molar-refractivity contribution in [2.24, 2.45) is 0 Å². The van der Waals surface area contributed by atoms with Crippen molar-refractivity contribution < 1.29 is 14.3 Å². The molecule has 4 rings (SSSR count). The molecular weight excluding hydrogens is 280 g/mol. The summed E-state index contributed by atoms with van der Waals surface area (Å²) in [5.41, 5.74) is 2.92. The van der Waals surface area contributed by atoms with E-state index >= 15 is 0 Å². The third kappa shape index (κ3) is 1.83. The van der Waals surface area contributed by atoms with Crippen LogP contribution in [0.4, 0.5) is 11.4 Å². The fraction of sp³-hybridized carbons (Fsp3) is 0.118. The number of Topliss-reactive ketones (excluding diaryl/α,β-unsaturated/α-hetero) is 1. The van der Waals surface area contributed by atoms with Crippen molar-refractivity contribution in [3.05, 3.63) is 65.7 Å². The minimum Gasteiger partial charge on any atom is -0.496 e. The zero-order valence-electron chi connectivity index (χ0n) is 11.9. The quantitative estimate of drug-likeness (QED) is 0.891. The van der Waals surface area contributed by atoms with Gasteiger partial charge in [0.1, 0.15) is 11.4 Å². The number of nitrogens with one attached hydrogen (secondary N) is 2. The minimum absolute atomic E-state index is 0.110. The molecule has 0 saturated carbocycles. The number of para-hydroxylation sites is 3. The van der Waals surface area contributed by atoms with Crippen LogP contribution >= 0.6 is 0 Å². The number of rotatable bonds is 2. The van der Waals surface area contributed by atoms with Crippen LogP contribution in [0.5, 0.6) is 5.75 Å². The van der Waals surface area contributed by atoms with Crippen LogP contribution in [0.3, 0.4) is 0 Å². The third-order valence-electron chi connectivity index (χ3n) is 3.80. The second-order valence-electron chi connectivity index (χ2n) is 5.10. The Morgan fingerprint density at radius 1 is 1.00 bits per heavy atom. The number of methoxy groups -OCH3 is 1. The van der Waals surface area contributed by atoms with Gasteiger partial charge in [-0.2, -0.15) is 0 Å². The molecule has 0 aliphatic carbocycles. The summed E-state index contributed by atoms with van der Waals surface area (Å²) in [5.74, 6) is 0.985. The molecule has 0 amide bonds. The molecule has 1 atom stereocenters. The average molecular weight is 294 g/mol. The van der Waals surface area contributed by atoms with Gasteiger partial charge in [-0.1, -0.05) is 30.3 Å². The van der Waals surface area contributed by atoms with E-state index in [1.54, 1.807) is 7.11 Å². The molecule has 2 aromatic carbocycles. The van der Waals surface area contributed by atoms with E-state index in [4.69, 9.17) is 9.47 Å². The Balaban J connectivity index is 1.69. The van der Waals surface area contributed by atoms with Crippen molar-refractivity contribution in [1.82, 2.24) is 0 Å². The average Bonchev–Trinajstić information content (AvgIpc) is 2.89. The highest BCUT2D eigenvalue weighted by atomic mass is 16.5. The Hall–Kier alpha value is -2.95. The number of hydrogen-bond acceptors (Lipinski definition) is 5. The first-order valence-corrected chi connectivity index (χ1v) is 6.99. The maximum absolute atomic E-state index is 12.7.